The van der Waals surface area contributed by atoms with Gasteiger partial charge in [-0.3, -0.25) is 4.79 Å². The Morgan fingerprint density at radius 3 is 2.15 bits per heavy atom. The molecule has 1 saturated heterocycles. The van der Waals surface area contributed by atoms with Gasteiger partial charge in [0.2, 0.25) is 15.9 Å². The summed E-state index contributed by atoms with van der Waals surface area (Å²) in [6, 6.07) is 15.9. The van der Waals surface area contributed by atoms with Crippen molar-refractivity contribution >= 4 is 15.9 Å². The molecule has 3 aliphatic rings. The molecule has 2 aromatic carbocycles. The van der Waals surface area contributed by atoms with E-state index in [1.54, 1.807) is 16.4 Å². The first-order chi connectivity index (χ1) is 16.0. The maximum Gasteiger partial charge on any atom is 0.243 e. The van der Waals surface area contributed by atoms with Crippen LogP contribution in [0.2, 0.25) is 0 Å². The smallest absolute Gasteiger partial charge is 0.243 e. The van der Waals surface area contributed by atoms with E-state index < -0.39 is 10.0 Å². The van der Waals surface area contributed by atoms with E-state index in [1.165, 1.54) is 48.8 Å². The predicted molar refractivity (Wildman–Crippen MR) is 129 cm³/mol. The van der Waals surface area contributed by atoms with E-state index in [2.05, 4.69) is 18.2 Å². The fourth-order valence-corrected chi connectivity index (χ4v) is 7.25. The second-order valence-corrected chi connectivity index (χ2v) is 11.8. The van der Waals surface area contributed by atoms with E-state index in [0.717, 1.165) is 13.0 Å². The minimum atomic E-state index is -3.52. The van der Waals surface area contributed by atoms with Gasteiger partial charge in [0, 0.05) is 32.1 Å². The molecule has 2 aromatic rings. The molecule has 5 nitrogen and oxygen atoms in total. The number of fused-ring (bicyclic) bond motifs is 1. The Balaban J connectivity index is 1.19. The van der Waals surface area contributed by atoms with E-state index in [4.69, 9.17) is 0 Å². The summed E-state index contributed by atoms with van der Waals surface area (Å²) in [6.45, 7) is 2.24. The Morgan fingerprint density at radius 1 is 0.788 bits per heavy atom. The normalized spacial score (nSPS) is 21.0. The van der Waals surface area contributed by atoms with E-state index >= 15 is 0 Å². The molecule has 0 unspecified atom stereocenters. The summed E-state index contributed by atoms with van der Waals surface area (Å²) in [6.07, 6.45) is 8.34. The van der Waals surface area contributed by atoms with Crippen molar-refractivity contribution in [1.82, 2.24) is 9.21 Å². The summed E-state index contributed by atoms with van der Waals surface area (Å²) in [5, 5.41) is 0. The molecule has 0 N–H and O–H groups in total. The molecule has 1 aliphatic carbocycles. The summed E-state index contributed by atoms with van der Waals surface area (Å²) < 4.78 is 28.0. The quantitative estimate of drug-likeness (QED) is 0.655. The van der Waals surface area contributed by atoms with Gasteiger partial charge in [-0.25, -0.2) is 8.42 Å². The zero-order chi connectivity index (χ0) is 22.8. The number of carbonyl (C=O) groups excluding carboxylic acids is 1. The third-order valence-electron chi connectivity index (χ3n) is 7.84. The number of hydrogen-bond donors (Lipinski definition) is 0. The number of rotatable bonds is 4. The van der Waals surface area contributed by atoms with Crippen molar-refractivity contribution in [2.24, 2.45) is 5.92 Å². The van der Waals surface area contributed by atoms with E-state index in [9.17, 15) is 13.2 Å². The van der Waals surface area contributed by atoms with Crippen LogP contribution >= 0.6 is 0 Å². The van der Waals surface area contributed by atoms with Gasteiger partial charge in [0.25, 0.3) is 0 Å². The van der Waals surface area contributed by atoms with Gasteiger partial charge in [-0.2, -0.15) is 4.31 Å². The first-order valence-electron chi connectivity index (χ1n) is 12.5. The van der Waals surface area contributed by atoms with Gasteiger partial charge in [-0.15, -0.1) is 0 Å². The zero-order valence-corrected chi connectivity index (χ0v) is 20.1. The van der Waals surface area contributed by atoms with Gasteiger partial charge < -0.3 is 4.90 Å². The fraction of sp³-hybridized carbons (Fsp3) is 0.519. The van der Waals surface area contributed by atoms with Crippen LogP contribution in [-0.4, -0.2) is 43.2 Å². The lowest BCUT2D eigenvalue weighted by molar-refractivity contribution is -0.137. The Hall–Kier alpha value is -2.18. The summed E-state index contributed by atoms with van der Waals surface area (Å²) in [4.78, 5) is 15.5. The number of sulfonamides is 1. The largest absolute Gasteiger partial charge is 0.338 e. The number of amides is 1. The molecule has 2 aliphatic heterocycles. The SMILES string of the molecule is O=C(C1CCN(S(=O)(=O)c2ccc(C3CCCCC3)cc2)CC1)N1CCc2ccccc2C1. The zero-order valence-electron chi connectivity index (χ0n) is 19.3. The van der Waals surface area contributed by atoms with Crippen LogP contribution in [0.15, 0.2) is 53.4 Å². The predicted octanol–water partition coefficient (Wildman–Crippen LogP) is 4.72. The Morgan fingerprint density at radius 2 is 1.45 bits per heavy atom. The van der Waals surface area contributed by atoms with Gasteiger partial charge in [0.1, 0.15) is 0 Å². The molecule has 5 rings (SSSR count). The first-order valence-corrected chi connectivity index (χ1v) is 13.9. The van der Waals surface area contributed by atoms with E-state index in [-0.39, 0.29) is 11.8 Å². The Kier molecular flexibility index (Phi) is 6.57. The van der Waals surface area contributed by atoms with Gasteiger partial charge >= 0.3 is 0 Å². The van der Waals surface area contributed by atoms with Crippen LogP contribution in [0.4, 0.5) is 0 Å². The number of nitrogens with zero attached hydrogens (tertiary/aromatic N) is 2. The molecule has 0 bridgehead atoms. The van der Waals surface area contributed by atoms with Crippen LogP contribution in [0.5, 0.6) is 0 Å². The topological polar surface area (TPSA) is 57.7 Å². The van der Waals surface area contributed by atoms with Crippen molar-refractivity contribution in [2.45, 2.75) is 68.7 Å². The molecule has 176 valence electrons. The minimum absolute atomic E-state index is 0.0876. The van der Waals surface area contributed by atoms with Crippen molar-refractivity contribution < 1.29 is 13.2 Å². The molecular weight excluding hydrogens is 432 g/mol. The molecule has 33 heavy (non-hydrogen) atoms. The number of hydrogen-bond acceptors (Lipinski definition) is 3. The molecule has 0 atom stereocenters. The first kappa shape index (κ1) is 22.6. The van der Waals surface area contributed by atoms with Crippen molar-refractivity contribution in [1.29, 1.82) is 0 Å². The van der Waals surface area contributed by atoms with Crippen LogP contribution in [0, 0.1) is 5.92 Å². The van der Waals surface area contributed by atoms with Gasteiger partial charge in [-0.05, 0) is 66.8 Å². The van der Waals surface area contributed by atoms with Gasteiger partial charge in [0.15, 0.2) is 0 Å². The standard InChI is InChI=1S/C27H34N2O3S/c30-27(28-17-14-22-8-4-5-9-25(22)20-28)24-15-18-29(19-16-24)33(31,32)26-12-10-23(11-13-26)21-6-2-1-3-7-21/h4-5,8-13,21,24H,1-3,6-7,14-20H2. The molecule has 1 amide bonds. The average molecular weight is 467 g/mol. The molecule has 2 fully saturated rings. The summed E-state index contributed by atoms with van der Waals surface area (Å²) >= 11 is 0. The fourth-order valence-electron chi connectivity index (χ4n) is 5.78. The summed E-state index contributed by atoms with van der Waals surface area (Å²) in [5.74, 6) is 0.660. The maximum absolute atomic E-state index is 13.2. The van der Waals surface area contributed by atoms with Crippen molar-refractivity contribution in [2.75, 3.05) is 19.6 Å². The van der Waals surface area contributed by atoms with Crippen LogP contribution < -0.4 is 0 Å². The molecule has 0 spiro atoms. The summed E-state index contributed by atoms with van der Waals surface area (Å²) in [5.41, 5.74) is 3.83. The van der Waals surface area contributed by atoms with Crippen molar-refractivity contribution in [3.05, 3.63) is 65.2 Å². The van der Waals surface area contributed by atoms with E-state index in [1.807, 2.05) is 23.1 Å². The third-order valence-corrected chi connectivity index (χ3v) is 9.75. The van der Waals surface area contributed by atoms with Crippen molar-refractivity contribution in [3.63, 3.8) is 0 Å². The van der Waals surface area contributed by atoms with Crippen LogP contribution in [0.1, 0.15) is 67.6 Å². The Labute approximate surface area is 197 Å². The number of piperidine rings is 1. The minimum Gasteiger partial charge on any atom is -0.338 e. The molecule has 0 aromatic heterocycles. The Bertz CT molecular complexity index is 1080. The monoisotopic (exact) mass is 466 g/mol. The average Bonchev–Trinajstić information content (AvgIpc) is 2.88. The maximum atomic E-state index is 13.2. The summed E-state index contributed by atoms with van der Waals surface area (Å²) in [7, 11) is -3.52. The highest BCUT2D eigenvalue weighted by atomic mass is 32.2. The lowest BCUT2D eigenvalue weighted by Crippen LogP contribution is -2.45. The van der Waals surface area contributed by atoms with E-state index in [0.29, 0.717) is 43.3 Å². The number of benzene rings is 2. The highest BCUT2D eigenvalue weighted by molar-refractivity contribution is 7.89. The lowest BCUT2D eigenvalue weighted by Gasteiger charge is -2.35. The van der Waals surface area contributed by atoms with Crippen LogP contribution in [0.3, 0.4) is 0 Å². The third kappa shape index (κ3) is 4.73. The van der Waals surface area contributed by atoms with Crippen molar-refractivity contribution in [3.8, 4) is 0 Å². The second kappa shape index (κ2) is 9.59. The van der Waals surface area contributed by atoms with Crippen LogP contribution in [0.25, 0.3) is 0 Å². The molecule has 1 saturated carbocycles. The molecule has 2 heterocycles. The number of carbonyl (C=O) groups is 1. The highest BCUT2D eigenvalue weighted by Gasteiger charge is 2.34. The van der Waals surface area contributed by atoms with Crippen LogP contribution in [-0.2, 0) is 27.8 Å². The van der Waals surface area contributed by atoms with Gasteiger partial charge in [-0.1, -0.05) is 55.7 Å². The molecule has 0 radical (unpaired) electrons. The molecular formula is C27H34N2O3S. The second-order valence-electron chi connectivity index (χ2n) is 9.86. The van der Waals surface area contributed by atoms with Gasteiger partial charge in [0.05, 0.1) is 4.90 Å². The highest BCUT2D eigenvalue weighted by Crippen LogP contribution is 2.33. The lowest BCUT2D eigenvalue weighted by atomic mass is 9.84. The molecule has 6 heteroatoms.